The fourth-order valence-electron chi connectivity index (χ4n) is 2.33. The molecule has 0 aromatic heterocycles. The summed E-state index contributed by atoms with van der Waals surface area (Å²) in [6, 6.07) is 6.81. The van der Waals surface area contributed by atoms with Crippen molar-refractivity contribution in [3.8, 4) is 0 Å². The van der Waals surface area contributed by atoms with Crippen LogP contribution in [0.1, 0.15) is 42.7 Å². The van der Waals surface area contributed by atoms with Crippen molar-refractivity contribution >= 4 is 27.7 Å². The second-order valence-corrected chi connectivity index (χ2v) is 6.88. The molecule has 0 saturated carbocycles. The highest BCUT2D eigenvalue weighted by atomic mass is 79.9. The molecule has 1 unspecified atom stereocenters. The molecule has 2 N–H and O–H groups in total. The third-order valence-electron chi connectivity index (χ3n) is 3.61. The summed E-state index contributed by atoms with van der Waals surface area (Å²) in [5.41, 5.74) is 8.54. The van der Waals surface area contributed by atoms with Crippen LogP contribution in [0.4, 0.5) is 0 Å². The van der Waals surface area contributed by atoms with Crippen LogP contribution in [0.3, 0.4) is 0 Å². The van der Waals surface area contributed by atoms with Gasteiger partial charge in [-0.3, -0.25) is 0 Å². The van der Waals surface area contributed by atoms with Gasteiger partial charge < -0.3 is 5.73 Å². The highest BCUT2D eigenvalue weighted by Gasteiger charge is 2.18. The van der Waals surface area contributed by atoms with E-state index in [-0.39, 0.29) is 0 Å². The van der Waals surface area contributed by atoms with E-state index in [1.807, 2.05) is 0 Å². The van der Waals surface area contributed by atoms with E-state index < -0.39 is 0 Å². The van der Waals surface area contributed by atoms with Gasteiger partial charge in [-0.25, -0.2) is 0 Å². The number of thioether (sulfide) groups is 1. The minimum atomic E-state index is 0.447. The lowest BCUT2D eigenvalue weighted by molar-refractivity contribution is 0.633. The Morgan fingerprint density at radius 2 is 2.12 bits per heavy atom. The molecule has 3 heteroatoms. The Kier molecular flexibility index (Phi) is 4.95. The molecule has 2 rings (SSSR count). The van der Waals surface area contributed by atoms with Crippen molar-refractivity contribution in [2.45, 2.75) is 31.6 Å². The monoisotopic (exact) mass is 313 g/mol. The van der Waals surface area contributed by atoms with E-state index in [1.54, 1.807) is 0 Å². The summed E-state index contributed by atoms with van der Waals surface area (Å²) in [7, 11) is 0. The molecule has 1 atom stereocenters. The molecular formula is C14H20BrNS. The molecule has 1 fully saturated rings. The zero-order valence-corrected chi connectivity index (χ0v) is 12.7. The Bertz CT molecular complexity index is 374. The van der Waals surface area contributed by atoms with E-state index in [2.05, 4.69) is 52.8 Å². The molecule has 1 heterocycles. The van der Waals surface area contributed by atoms with E-state index in [0.717, 1.165) is 5.92 Å². The maximum atomic E-state index is 5.72. The molecule has 0 spiro atoms. The predicted octanol–water partition coefficient (Wildman–Crippen LogP) is 4.12. The minimum absolute atomic E-state index is 0.447. The molecule has 1 saturated heterocycles. The van der Waals surface area contributed by atoms with E-state index in [9.17, 15) is 0 Å². The molecule has 0 amide bonds. The summed E-state index contributed by atoms with van der Waals surface area (Å²) < 4.78 is 1.27. The van der Waals surface area contributed by atoms with Gasteiger partial charge in [0.15, 0.2) is 0 Å². The molecule has 0 bridgehead atoms. The Hall–Kier alpha value is 0.01000. The van der Waals surface area contributed by atoms with Gasteiger partial charge in [-0.2, -0.15) is 11.8 Å². The van der Waals surface area contributed by atoms with Gasteiger partial charge in [-0.1, -0.05) is 35.0 Å². The second-order valence-electron chi connectivity index (χ2n) is 4.80. The summed E-state index contributed by atoms with van der Waals surface area (Å²) >= 11 is 5.81. The molecule has 1 nitrogen and oxygen atoms in total. The number of hydrogen-bond donors (Lipinski definition) is 1. The van der Waals surface area contributed by atoms with Gasteiger partial charge in [-0.15, -0.1) is 0 Å². The quantitative estimate of drug-likeness (QED) is 0.908. The Balaban J connectivity index is 2.18. The first-order valence-electron chi connectivity index (χ1n) is 6.29. The molecule has 0 radical (unpaired) electrons. The molecule has 1 aromatic carbocycles. The van der Waals surface area contributed by atoms with Crippen LogP contribution in [0, 0.1) is 0 Å². The van der Waals surface area contributed by atoms with Gasteiger partial charge in [0.2, 0.25) is 0 Å². The molecular weight excluding hydrogens is 294 g/mol. The lowest BCUT2D eigenvalue weighted by atomic mass is 9.91. The molecule has 1 aromatic rings. The first-order valence-corrected chi connectivity index (χ1v) is 8.24. The van der Waals surface area contributed by atoms with Crippen molar-refractivity contribution in [3.05, 3.63) is 33.8 Å². The number of rotatable bonds is 3. The summed E-state index contributed by atoms with van der Waals surface area (Å²) in [6.07, 6.45) is 2.63. The predicted molar refractivity (Wildman–Crippen MR) is 80.9 cm³/mol. The SMILES string of the molecule is CC(CN)c1ccc(C2CCSCC2)c(Br)c1. The lowest BCUT2D eigenvalue weighted by Crippen LogP contribution is -2.11. The van der Waals surface area contributed by atoms with Crippen LogP contribution in [0.5, 0.6) is 0 Å². The number of hydrogen-bond acceptors (Lipinski definition) is 2. The lowest BCUT2D eigenvalue weighted by Gasteiger charge is -2.23. The third kappa shape index (κ3) is 3.27. The van der Waals surface area contributed by atoms with Crippen LogP contribution < -0.4 is 5.73 Å². The van der Waals surface area contributed by atoms with Crippen molar-refractivity contribution in [1.82, 2.24) is 0 Å². The van der Waals surface area contributed by atoms with Crippen molar-refractivity contribution in [2.24, 2.45) is 5.73 Å². The Morgan fingerprint density at radius 3 is 2.71 bits per heavy atom. The van der Waals surface area contributed by atoms with Crippen LogP contribution >= 0.6 is 27.7 Å². The first-order chi connectivity index (χ1) is 8.22. The molecule has 94 valence electrons. The zero-order valence-electron chi connectivity index (χ0n) is 10.3. The van der Waals surface area contributed by atoms with Crippen LogP contribution in [0.25, 0.3) is 0 Å². The average Bonchev–Trinajstić information content (AvgIpc) is 2.38. The smallest absolute Gasteiger partial charge is 0.0212 e. The average molecular weight is 314 g/mol. The van der Waals surface area contributed by atoms with Gasteiger partial charge in [0.25, 0.3) is 0 Å². The number of benzene rings is 1. The Morgan fingerprint density at radius 1 is 1.41 bits per heavy atom. The molecule has 1 aliphatic rings. The van der Waals surface area contributed by atoms with E-state index >= 15 is 0 Å². The third-order valence-corrected chi connectivity index (χ3v) is 5.34. The normalized spacial score (nSPS) is 19.2. The van der Waals surface area contributed by atoms with E-state index in [1.165, 1.54) is 39.9 Å². The zero-order chi connectivity index (χ0) is 12.3. The van der Waals surface area contributed by atoms with Crippen LogP contribution in [-0.4, -0.2) is 18.1 Å². The topological polar surface area (TPSA) is 26.0 Å². The molecule has 17 heavy (non-hydrogen) atoms. The second kappa shape index (κ2) is 6.26. The van der Waals surface area contributed by atoms with Crippen molar-refractivity contribution in [3.63, 3.8) is 0 Å². The number of halogens is 1. The highest BCUT2D eigenvalue weighted by Crippen LogP contribution is 2.36. The van der Waals surface area contributed by atoms with Crippen molar-refractivity contribution < 1.29 is 0 Å². The van der Waals surface area contributed by atoms with E-state index in [0.29, 0.717) is 12.5 Å². The van der Waals surface area contributed by atoms with Crippen LogP contribution in [0.15, 0.2) is 22.7 Å². The molecule has 0 aliphatic carbocycles. The van der Waals surface area contributed by atoms with Crippen LogP contribution in [-0.2, 0) is 0 Å². The maximum absolute atomic E-state index is 5.72. The largest absolute Gasteiger partial charge is 0.330 e. The van der Waals surface area contributed by atoms with E-state index in [4.69, 9.17) is 5.73 Å². The van der Waals surface area contributed by atoms with Gasteiger partial charge in [0.05, 0.1) is 0 Å². The first kappa shape index (κ1) is 13.4. The summed E-state index contributed by atoms with van der Waals surface area (Å²) in [6.45, 7) is 2.89. The fourth-order valence-corrected chi connectivity index (χ4v) is 4.15. The molecule has 1 aliphatic heterocycles. The van der Waals surface area contributed by atoms with Crippen LogP contribution in [0.2, 0.25) is 0 Å². The van der Waals surface area contributed by atoms with Crippen molar-refractivity contribution in [2.75, 3.05) is 18.1 Å². The van der Waals surface area contributed by atoms with Gasteiger partial charge in [-0.05, 0) is 59.9 Å². The summed E-state index contributed by atoms with van der Waals surface area (Å²) in [4.78, 5) is 0. The van der Waals surface area contributed by atoms with Gasteiger partial charge in [0, 0.05) is 4.47 Å². The summed E-state index contributed by atoms with van der Waals surface area (Å²) in [5, 5.41) is 0. The van der Waals surface area contributed by atoms with Gasteiger partial charge in [0.1, 0.15) is 0 Å². The maximum Gasteiger partial charge on any atom is 0.0212 e. The Labute approximate surface area is 117 Å². The van der Waals surface area contributed by atoms with Gasteiger partial charge >= 0.3 is 0 Å². The number of nitrogens with two attached hydrogens (primary N) is 1. The highest BCUT2D eigenvalue weighted by molar-refractivity contribution is 9.10. The minimum Gasteiger partial charge on any atom is -0.330 e. The standard InChI is InChI=1S/C14H20BrNS/c1-10(9-16)12-2-3-13(14(15)8-12)11-4-6-17-7-5-11/h2-3,8,10-11H,4-7,9,16H2,1H3. The fraction of sp³-hybridized carbons (Fsp3) is 0.571. The van der Waals surface area contributed by atoms with Crippen molar-refractivity contribution in [1.29, 1.82) is 0 Å². The summed E-state index contributed by atoms with van der Waals surface area (Å²) in [5.74, 6) is 3.80.